The summed E-state index contributed by atoms with van der Waals surface area (Å²) in [5, 5.41) is 12.6. The zero-order chi connectivity index (χ0) is 35.2. The first-order chi connectivity index (χ1) is 24.2. The third kappa shape index (κ3) is 7.98. The lowest BCUT2D eigenvalue weighted by Crippen LogP contribution is -2.44. The average molecular weight is 680 g/mol. The number of fused-ring (bicyclic) bond motifs is 1. The van der Waals surface area contributed by atoms with E-state index in [-0.39, 0.29) is 36.0 Å². The van der Waals surface area contributed by atoms with Gasteiger partial charge < -0.3 is 20.3 Å². The highest BCUT2D eigenvalue weighted by molar-refractivity contribution is 6.17. The summed E-state index contributed by atoms with van der Waals surface area (Å²) >= 11 is 0. The van der Waals surface area contributed by atoms with Crippen LogP contribution in [0.2, 0.25) is 0 Å². The monoisotopic (exact) mass is 679 g/mol. The number of hydrogen-bond acceptors (Lipinski definition) is 9. The smallest absolute Gasteiger partial charge is 0.257 e. The molecular formula is C39H49N7O4. The number of rotatable bonds is 13. The van der Waals surface area contributed by atoms with E-state index in [0.29, 0.717) is 41.8 Å². The molecule has 2 atom stereocenters. The van der Waals surface area contributed by atoms with Gasteiger partial charge in [-0.25, -0.2) is 9.99 Å². The van der Waals surface area contributed by atoms with Gasteiger partial charge in [0, 0.05) is 49.9 Å². The highest BCUT2D eigenvalue weighted by atomic mass is 16.5. The third-order valence-corrected chi connectivity index (χ3v) is 10.1. The molecule has 1 aromatic heterocycles. The van der Waals surface area contributed by atoms with Crippen LogP contribution in [0.1, 0.15) is 80.4 Å². The van der Waals surface area contributed by atoms with Gasteiger partial charge in [0.15, 0.2) is 5.78 Å². The van der Waals surface area contributed by atoms with Crippen molar-refractivity contribution in [2.24, 2.45) is 22.9 Å². The van der Waals surface area contributed by atoms with E-state index < -0.39 is 11.8 Å². The van der Waals surface area contributed by atoms with Gasteiger partial charge in [-0.3, -0.25) is 14.4 Å². The van der Waals surface area contributed by atoms with E-state index in [1.54, 1.807) is 43.3 Å². The van der Waals surface area contributed by atoms with E-state index >= 15 is 0 Å². The summed E-state index contributed by atoms with van der Waals surface area (Å²) in [7, 11) is 4.08. The van der Waals surface area contributed by atoms with Crippen molar-refractivity contribution < 1.29 is 19.1 Å². The Kier molecular flexibility index (Phi) is 11.1. The van der Waals surface area contributed by atoms with Crippen LogP contribution in [0.25, 0.3) is 0 Å². The number of nitrogens with one attached hydrogen (secondary N) is 2. The lowest BCUT2D eigenvalue weighted by molar-refractivity contribution is -0.131. The van der Waals surface area contributed by atoms with Crippen LogP contribution in [0.4, 0.5) is 17.5 Å². The predicted molar refractivity (Wildman–Crippen MR) is 196 cm³/mol. The van der Waals surface area contributed by atoms with Crippen molar-refractivity contribution in [2.75, 3.05) is 42.5 Å². The molecule has 0 bridgehead atoms. The van der Waals surface area contributed by atoms with Crippen LogP contribution in [0.5, 0.6) is 5.75 Å². The fourth-order valence-corrected chi connectivity index (χ4v) is 7.46. The van der Waals surface area contributed by atoms with Crippen molar-refractivity contribution in [1.82, 2.24) is 15.3 Å². The van der Waals surface area contributed by atoms with Gasteiger partial charge >= 0.3 is 0 Å². The second-order valence-corrected chi connectivity index (χ2v) is 13.9. The van der Waals surface area contributed by atoms with Gasteiger partial charge in [-0.15, -0.1) is 0 Å². The number of hydrazone groups is 1. The van der Waals surface area contributed by atoms with E-state index in [1.165, 1.54) is 17.0 Å². The average Bonchev–Trinajstić information content (AvgIpc) is 3.43. The van der Waals surface area contributed by atoms with Crippen molar-refractivity contribution in [3.63, 3.8) is 0 Å². The van der Waals surface area contributed by atoms with Crippen LogP contribution in [-0.2, 0) is 22.4 Å². The first-order valence-electron chi connectivity index (χ1n) is 18.0. The largest absolute Gasteiger partial charge is 0.494 e. The van der Waals surface area contributed by atoms with Crippen molar-refractivity contribution in [2.45, 2.75) is 77.7 Å². The lowest BCUT2D eigenvalue weighted by Gasteiger charge is -2.31. The summed E-state index contributed by atoms with van der Waals surface area (Å²) in [5.74, 6) is 0.119. The first kappa shape index (κ1) is 35.0. The zero-order valence-electron chi connectivity index (χ0n) is 29.7. The van der Waals surface area contributed by atoms with Gasteiger partial charge in [0.05, 0.1) is 29.8 Å². The molecular weight excluding hydrogens is 630 g/mol. The van der Waals surface area contributed by atoms with Gasteiger partial charge in [0.2, 0.25) is 11.9 Å². The molecule has 11 nitrogen and oxygen atoms in total. The van der Waals surface area contributed by atoms with E-state index in [1.807, 2.05) is 39.2 Å². The number of aromatic nitrogens is 2. The number of hydrogen-bond donors (Lipinski definition) is 2. The molecule has 2 unspecified atom stereocenters. The molecule has 2 amide bonds. The number of anilines is 3. The Bertz CT molecular complexity index is 1700. The topological polar surface area (TPSA) is 129 Å². The molecule has 6 rings (SSSR count). The number of nitrogens with zero attached hydrogens (tertiary/aromatic N) is 5. The molecule has 2 aromatic carbocycles. The summed E-state index contributed by atoms with van der Waals surface area (Å²) in [4.78, 5) is 53.2. The van der Waals surface area contributed by atoms with Crippen LogP contribution in [-0.4, -0.2) is 66.6 Å². The standard InChI is InChI=1S/C39H49N7O4/c1-5-50-30-21-17-27(18-22-30)34(47)23-32(35-25(2)44-46(38(35)49)29-11-7-6-8-12-29)37(48)40-24-26-15-19-28(20-16-26)41-39-42-33-14-10-9-13-31(33)36(43-39)45(3)4/h6-8,11-12,17-18,21-22,26,28,32,35H,5,9-10,13-16,19-20,23-24H2,1-4H3,(H,40,48)(H,41,42,43). The molecule has 1 saturated carbocycles. The highest BCUT2D eigenvalue weighted by Gasteiger charge is 2.44. The van der Waals surface area contributed by atoms with Crippen LogP contribution >= 0.6 is 0 Å². The second-order valence-electron chi connectivity index (χ2n) is 13.9. The minimum absolute atomic E-state index is 0.113. The molecule has 264 valence electrons. The van der Waals surface area contributed by atoms with Gasteiger partial charge in [0.25, 0.3) is 5.91 Å². The number of aryl methyl sites for hydroxylation is 1. The molecule has 0 saturated heterocycles. The molecule has 2 aliphatic carbocycles. The summed E-state index contributed by atoms with van der Waals surface area (Å²) in [5.41, 5.74) is 4.06. The Morgan fingerprint density at radius 3 is 2.40 bits per heavy atom. The number of para-hydroxylation sites is 1. The highest BCUT2D eigenvalue weighted by Crippen LogP contribution is 2.33. The Labute approximate surface area is 294 Å². The maximum atomic E-state index is 14.0. The molecule has 1 aliphatic heterocycles. The normalized spacial score (nSPS) is 20.8. The number of ketones is 1. The molecule has 2 heterocycles. The minimum atomic E-state index is -0.899. The van der Waals surface area contributed by atoms with Gasteiger partial charge in [-0.05, 0) is 108 Å². The summed E-state index contributed by atoms with van der Waals surface area (Å²) in [6.45, 7) is 4.67. The predicted octanol–water partition coefficient (Wildman–Crippen LogP) is 5.84. The Morgan fingerprint density at radius 2 is 1.70 bits per heavy atom. The van der Waals surface area contributed by atoms with E-state index in [9.17, 15) is 14.4 Å². The maximum absolute atomic E-state index is 14.0. The molecule has 50 heavy (non-hydrogen) atoms. The van der Waals surface area contributed by atoms with E-state index in [2.05, 4.69) is 20.6 Å². The molecule has 2 N–H and O–H groups in total. The number of benzene rings is 2. The Hall–Kier alpha value is -4.80. The molecule has 3 aromatic rings. The fraction of sp³-hybridized carbons (Fsp3) is 0.487. The molecule has 0 spiro atoms. The van der Waals surface area contributed by atoms with Crippen molar-refractivity contribution in [1.29, 1.82) is 0 Å². The fourth-order valence-electron chi connectivity index (χ4n) is 7.46. The SMILES string of the molecule is CCOc1ccc(C(=O)CC(C(=O)NCC2CCC(Nc3nc4c(c(N(C)C)n3)CCCC4)CC2)C2C(=O)N(c3ccccc3)N=C2C)cc1. The number of ether oxygens (including phenoxy) is 1. The summed E-state index contributed by atoms with van der Waals surface area (Å²) in [6, 6.07) is 16.3. The van der Waals surface area contributed by atoms with Crippen LogP contribution in [0.15, 0.2) is 59.7 Å². The van der Waals surface area contributed by atoms with Crippen LogP contribution < -0.4 is 25.3 Å². The van der Waals surface area contributed by atoms with Crippen LogP contribution in [0, 0.1) is 17.8 Å². The first-order valence-corrected chi connectivity index (χ1v) is 18.0. The third-order valence-electron chi connectivity index (χ3n) is 10.1. The number of carbonyl (C=O) groups is 3. The van der Waals surface area contributed by atoms with Crippen molar-refractivity contribution in [3.05, 3.63) is 71.4 Å². The molecule has 3 aliphatic rings. The van der Waals surface area contributed by atoms with Crippen molar-refractivity contribution in [3.8, 4) is 5.75 Å². The molecule has 11 heteroatoms. The van der Waals surface area contributed by atoms with Crippen molar-refractivity contribution >= 4 is 40.8 Å². The van der Waals surface area contributed by atoms with Crippen LogP contribution in [0.3, 0.4) is 0 Å². The number of carbonyl (C=O) groups excluding carboxylic acids is 3. The number of amides is 2. The Balaban J connectivity index is 1.10. The van der Waals surface area contributed by atoms with E-state index in [4.69, 9.17) is 14.7 Å². The lowest BCUT2D eigenvalue weighted by atomic mass is 9.82. The summed E-state index contributed by atoms with van der Waals surface area (Å²) < 4.78 is 5.53. The Morgan fingerprint density at radius 1 is 0.980 bits per heavy atom. The van der Waals surface area contributed by atoms with E-state index in [0.717, 1.165) is 56.5 Å². The molecule has 0 radical (unpaired) electrons. The summed E-state index contributed by atoms with van der Waals surface area (Å²) in [6.07, 6.45) is 8.01. The maximum Gasteiger partial charge on any atom is 0.257 e. The van der Waals surface area contributed by atoms with Gasteiger partial charge in [0.1, 0.15) is 11.6 Å². The second kappa shape index (κ2) is 15.8. The van der Waals surface area contributed by atoms with Gasteiger partial charge in [-0.2, -0.15) is 10.1 Å². The number of Topliss-reactive ketones (excluding diaryl/α,β-unsaturated/α-hetero) is 1. The minimum Gasteiger partial charge on any atom is -0.494 e. The quantitative estimate of drug-likeness (QED) is 0.216. The van der Waals surface area contributed by atoms with Gasteiger partial charge in [-0.1, -0.05) is 18.2 Å². The molecule has 1 fully saturated rings. The zero-order valence-corrected chi connectivity index (χ0v) is 29.7.